The molecule has 1 N–H and O–H groups in total. The summed E-state index contributed by atoms with van der Waals surface area (Å²) in [5.41, 5.74) is 0.762. The molecule has 0 saturated carbocycles. The quantitative estimate of drug-likeness (QED) is 0.403. The maximum Gasteiger partial charge on any atom is 0.303 e. The van der Waals surface area contributed by atoms with Gasteiger partial charge in [0.1, 0.15) is 12.2 Å². The van der Waals surface area contributed by atoms with Crippen LogP contribution in [-0.2, 0) is 19.0 Å². The van der Waals surface area contributed by atoms with E-state index in [1.165, 1.54) is 6.92 Å². The van der Waals surface area contributed by atoms with Gasteiger partial charge in [-0.25, -0.2) is 0 Å². The maximum absolute atomic E-state index is 11.7. The number of halogens is 2. The molecular formula is C21H30Cl2O5. The fraction of sp³-hybridized carbons (Fsp3) is 0.667. The van der Waals surface area contributed by atoms with Crippen molar-refractivity contribution in [2.45, 2.75) is 84.1 Å². The van der Waals surface area contributed by atoms with Crippen molar-refractivity contribution in [3.05, 3.63) is 33.8 Å². The minimum atomic E-state index is -1.02. The number of benzene rings is 1. The van der Waals surface area contributed by atoms with Crippen molar-refractivity contribution in [2.24, 2.45) is 5.92 Å². The molecule has 1 saturated heterocycles. The Kier molecular flexibility index (Phi) is 8.59. The van der Waals surface area contributed by atoms with Crippen LogP contribution in [0.1, 0.15) is 71.5 Å². The third-order valence-corrected chi connectivity index (χ3v) is 5.63. The number of carbonyl (C=O) groups excluding carboxylic acids is 1. The Hall–Kier alpha value is -0.850. The van der Waals surface area contributed by atoms with Gasteiger partial charge in [-0.2, -0.15) is 0 Å². The second-order valence-corrected chi connectivity index (χ2v) is 8.57. The van der Waals surface area contributed by atoms with E-state index in [4.69, 9.17) is 37.4 Å². The monoisotopic (exact) mass is 432 g/mol. The molecule has 1 aliphatic rings. The van der Waals surface area contributed by atoms with Gasteiger partial charge in [0, 0.05) is 6.92 Å². The van der Waals surface area contributed by atoms with Crippen molar-refractivity contribution in [1.82, 2.24) is 0 Å². The first-order valence-corrected chi connectivity index (χ1v) is 10.5. The number of ether oxygens (including phenoxy) is 3. The Morgan fingerprint density at radius 3 is 2.50 bits per heavy atom. The third kappa shape index (κ3) is 6.60. The molecule has 4 atom stereocenters. The maximum atomic E-state index is 11.7. The van der Waals surface area contributed by atoms with Crippen molar-refractivity contribution in [2.75, 3.05) is 0 Å². The smallest absolute Gasteiger partial charge is 0.303 e. The molecule has 1 aromatic carbocycles. The van der Waals surface area contributed by atoms with Crippen LogP contribution in [0.5, 0.6) is 0 Å². The minimum Gasteiger partial charge on any atom is -0.458 e. The topological polar surface area (TPSA) is 65.0 Å². The summed E-state index contributed by atoms with van der Waals surface area (Å²) in [7, 11) is 0. The Morgan fingerprint density at radius 1 is 1.25 bits per heavy atom. The summed E-state index contributed by atoms with van der Waals surface area (Å²) >= 11 is 12.2. The lowest BCUT2D eigenvalue weighted by molar-refractivity contribution is -0.175. The van der Waals surface area contributed by atoms with Crippen LogP contribution in [0.3, 0.4) is 0 Å². The van der Waals surface area contributed by atoms with Gasteiger partial charge in [-0.1, -0.05) is 55.5 Å². The molecule has 0 amide bonds. The number of rotatable bonds is 9. The van der Waals surface area contributed by atoms with E-state index in [9.17, 15) is 9.90 Å². The average molecular weight is 433 g/mol. The van der Waals surface area contributed by atoms with Gasteiger partial charge in [0.05, 0.1) is 10.0 Å². The van der Waals surface area contributed by atoms with Gasteiger partial charge in [0.2, 0.25) is 0 Å². The van der Waals surface area contributed by atoms with Crippen LogP contribution >= 0.6 is 23.2 Å². The predicted molar refractivity (Wildman–Crippen MR) is 109 cm³/mol. The van der Waals surface area contributed by atoms with Gasteiger partial charge < -0.3 is 19.3 Å². The zero-order valence-electron chi connectivity index (χ0n) is 16.9. The summed E-state index contributed by atoms with van der Waals surface area (Å²) in [6.45, 7) is 7.08. The van der Waals surface area contributed by atoms with Crippen molar-refractivity contribution in [3.63, 3.8) is 0 Å². The van der Waals surface area contributed by atoms with Crippen LogP contribution < -0.4 is 0 Å². The zero-order valence-corrected chi connectivity index (χ0v) is 18.4. The second kappa shape index (κ2) is 10.3. The first-order chi connectivity index (χ1) is 13.1. The highest BCUT2D eigenvalue weighted by molar-refractivity contribution is 6.42. The standard InChI is InChI=1S/C21H30Cl2O5/c1-5-6-7-8-15(19-20(25)28-21(3,4)27-19)12-18(26-13(2)24)14-9-10-16(22)17(23)11-14/h9-11,15,18-20,25H,5-8,12H2,1-4H3. The Morgan fingerprint density at radius 2 is 1.96 bits per heavy atom. The van der Waals surface area contributed by atoms with Gasteiger partial charge in [-0.3, -0.25) is 4.79 Å². The van der Waals surface area contributed by atoms with Crippen molar-refractivity contribution in [3.8, 4) is 0 Å². The predicted octanol–water partition coefficient (Wildman–Crippen LogP) is 5.65. The third-order valence-electron chi connectivity index (χ3n) is 4.89. The van der Waals surface area contributed by atoms with Gasteiger partial charge in [0.25, 0.3) is 0 Å². The van der Waals surface area contributed by atoms with Gasteiger partial charge in [-0.15, -0.1) is 0 Å². The molecule has 1 heterocycles. The van der Waals surface area contributed by atoms with E-state index in [1.54, 1.807) is 32.0 Å². The van der Waals surface area contributed by atoms with Crippen LogP contribution in [0.4, 0.5) is 0 Å². The van der Waals surface area contributed by atoms with E-state index in [0.717, 1.165) is 31.2 Å². The van der Waals surface area contributed by atoms with Gasteiger partial charge in [-0.05, 0) is 50.3 Å². The zero-order chi connectivity index (χ0) is 20.9. The molecule has 5 nitrogen and oxygen atoms in total. The van der Waals surface area contributed by atoms with E-state index >= 15 is 0 Å². The van der Waals surface area contributed by atoms with Crippen LogP contribution in [0.2, 0.25) is 10.0 Å². The van der Waals surface area contributed by atoms with Crippen LogP contribution in [-0.4, -0.2) is 29.3 Å². The molecule has 0 aliphatic carbocycles. The fourth-order valence-electron chi connectivity index (χ4n) is 3.61. The molecule has 0 spiro atoms. The second-order valence-electron chi connectivity index (χ2n) is 7.75. The first-order valence-electron chi connectivity index (χ1n) is 9.78. The Labute approximate surface area is 177 Å². The Bertz CT molecular complexity index is 664. The molecule has 0 radical (unpaired) electrons. The molecule has 1 aliphatic heterocycles. The lowest BCUT2D eigenvalue weighted by atomic mass is 9.87. The number of hydrogen-bond donors (Lipinski definition) is 1. The fourth-order valence-corrected chi connectivity index (χ4v) is 3.92. The lowest BCUT2D eigenvalue weighted by Gasteiger charge is -2.29. The Balaban J connectivity index is 2.25. The summed E-state index contributed by atoms with van der Waals surface area (Å²) in [5, 5.41) is 11.2. The largest absolute Gasteiger partial charge is 0.458 e. The van der Waals surface area contributed by atoms with Crippen molar-refractivity contribution in [1.29, 1.82) is 0 Å². The lowest BCUT2D eigenvalue weighted by Crippen LogP contribution is -2.33. The number of aliphatic hydroxyl groups excluding tert-OH is 1. The van der Waals surface area contributed by atoms with Crippen LogP contribution in [0, 0.1) is 5.92 Å². The number of esters is 1. The highest BCUT2D eigenvalue weighted by Gasteiger charge is 2.44. The van der Waals surface area contributed by atoms with Gasteiger partial charge in [0.15, 0.2) is 12.1 Å². The summed E-state index contributed by atoms with van der Waals surface area (Å²) in [6.07, 6.45) is 2.44. The van der Waals surface area contributed by atoms with E-state index in [0.29, 0.717) is 16.5 Å². The van der Waals surface area contributed by atoms with Crippen LogP contribution in [0.25, 0.3) is 0 Å². The molecule has 4 unspecified atom stereocenters. The summed E-state index contributed by atoms with van der Waals surface area (Å²) in [5.74, 6) is -1.29. The summed E-state index contributed by atoms with van der Waals surface area (Å²) < 4.78 is 17.1. The molecular weight excluding hydrogens is 403 g/mol. The number of carbonyl (C=O) groups is 1. The number of aliphatic hydroxyl groups is 1. The summed E-state index contributed by atoms with van der Waals surface area (Å²) in [4.78, 5) is 11.7. The van der Waals surface area contributed by atoms with Crippen LogP contribution in [0.15, 0.2) is 18.2 Å². The molecule has 1 fully saturated rings. The van der Waals surface area contributed by atoms with E-state index < -0.39 is 24.3 Å². The molecule has 0 aromatic heterocycles. The van der Waals surface area contributed by atoms with E-state index in [2.05, 4.69) is 6.92 Å². The molecule has 1 aromatic rings. The highest BCUT2D eigenvalue weighted by Crippen LogP contribution is 2.39. The average Bonchev–Trinajstić information content (AvgIpc) is 2.88. The highest BCUT2D eigenvalue weighted by atomic mass is 35.5. The molecule has 28 heavy (non-hydrogen) atoms. The van der Waals surface area contributed by atoms with Crippen molar-refractivity contribution < 1.29 is 24.1 Å². The van der Waals surface area contributed by atoms with Gasteiger partial charge >= 0.3 is 5.97 Å². The van der Waals surface area contributed by atoms with E-state index in [-0.39, 0.29) is 11.9 Å². The minimum absolute atomic E-state index is 0.0536. The molecule has 0 bridgehead atoms. The normalized spacial score (nSPS) is 23.4. The number of unbranched alkanes of at least 4 members (excludes halogenated alkanes) is 2. The number of hydrogen-bond acceptors (Lipinski definition) is 5. The molecule has 2 rings (SSSR count). The summed E-state index contributed by atoms with van der Waals surface area (Å²) in [6, 6.07) is 5.21. The van der Waals surface area contributed by atoms with E-state index in [1.807, 2.05) is 0 Å². The molecule has 158 valence electrons. The van der Waals surface area contributed by atoms with Crippen molar-refractivity contribution >= 4 is 29.2 Å². The SMILES string of the molecule is CCCCCC(CC(OC(C)=O)c1ccc(Cl)c(Cl)c1)C1OC(C)(C)OC1O. The first kappa shape index (κ1) is 23.4. The molecule has 7 heteroatoms.